The number of carbonyl (C=O) groups is 1. The van der Waals surface area contributed by atoms with Crippen molar-refractivity contribution >= 4 is 23.4 Å². The Morgan fingerprint density at radius 1 is 1.19 bits per heavy atom. The normalized spacial score (nSPS) is 12.0. The van der Waals surface area contributed by atoms with Gasteiger partial charge in [-0.15, -0.1) is 0 Å². The molecule has 2 aromatic carbocycles. The van der Waals surface area contributed by atoms with Crippen LogP contribution >= 0.6 is 11.8 Å². The van der Waals surface area contributed by atoms with Crippen molar-refractivity contribution in [2.24, 2.45) is 0 Å². The molecule has 0 aliphatic rings. The summed E-state index contributed by atoms with van der Waals surface area (Å²) < 4.78 is 26.7. The van der Waals surface area contributed by atoms with Gasteiger partial charge in [0.25, 0.3) is 5.91 Å². The molecule has 1 atom stereocenters. The summed E-state index contributed by atoms with van der Waals surface area (Å²) in [7, 11) is 0. The Balaban J connectivity index is 2.21. The maximum absolute atomic E-state index is 13.6. The fourth-order valence-electron chi connectivity index (χ4n) is 1.88. The van der Waals surface area contributed by atoms with Gasteiger partial charge in [0, 0.05) is 10.9 Å². The Kier molecular flexibility index (Phi) is 4.96. The van der Waals surface area contributed by atoms with Gasteiger partial charge in [-0.3, -0.25) is 4.79 Å². The SMILES string of the molecule is CSC(C)c1cccc(NC(=O)c2cc(F)ccc2F)c1. The number of halogens is 2. The van der Waals surface area contributed by atoms with Gasteiger partial charge in [-0.25, -0.2) is 8.78 Å². The summed E-state index contributed by atoms with van der Waals surface area (Å²) in [5, 5.41) is 2.88. The molecule has 21 heavy (non-hydrogen) atoms. The van der Waals surface area contributed by atoms with E-state index in [1.54, 1.807) is 17.8 Å². The molecule has 0 aromatic heterocycles. The third-order valence-corrected chi connectivity index (χ3v) is 4.12. The van der Waals surface area contributed by atoms with Crippen molar-refractivity contribution in [1.29, 1.82) is 0 Å². The third kappa shape index (κ3) is 3.82. The summed E-state index contributed by atoms with van der Waals surface area (Å²) in [6.45, 7) is 2.05. The lowest BCUT2D eigenvalue weighted by atomic mass is 10.1. The summed E-state index contributed by atoms with van der Waals surface area (Å²) in [4.78, 5) is 12.0. The molecule has 0 heterocycles. The van der Waals surface area contributed by atoms with Crippen LogP contribution in [-0.2, 0) is 0 Å². The van der Waals surface area contributed by atoms with Crippen LogP contribution in [0.25, 0.3) is 0 Å². The van der Waals surface area contributed by atoms with E-state index in [2.05, 4.69) is 12.2 Å². The zero-order chi connectivity index (χ0) is 15.4. The standard InChI is InChI=1S/C16H15F2NOS/c1-10(21-2)11-4-3-5-13(8-11)19-16(20)14-9-12(17)6-7-15(14)18/h3-10H,1-2H3,(H,19,20). The topological polar surface area (TPSA) is 29.1 Å². The number of anilines is 1. The largest absolute Gasteiger partial charge is 0.322 e. The van der Waals surface area contributed by atoms with Crippen LogP contribution in [0.4, 0.5) is 14.5 Å². The fourth-order valence-corrected chi connectivity index (χ4v) is 2.29. The van der Waals surface area contributed by atoms with E-state index in [0.717, 1.165) is 23.8 Å². The van der Waals surface area contributed by atoms with Crippen LogP contribution in [0, 0.1) is 11.6 Å². The molecule has 2 aromatic rings. The highest BCUT2D eigenvalue weighted by Crippen LogP contribution is 2.27. The van der Waals surface area contributed by atoms with Crippen molar-refractivity contribution in [1.82, 2.24) is 0 Å². The molecule has 0 bridgehead atoms. The molecular formula is C16H15F2NOS. The lowest BCUT2D eigenvalue weighted by Gasteiger charge is -2.11. The van der Waals surface area contributed by atoms with E-state index < -0.39 is 17.5 Å². The van der Waals surface area contributed by atoms with Crippen molar-refractivity contribution in [3.05, 3.63) is 65.2 Å². The lowest BCUT2D eigenvalue weighted by Crippen LogP contribution is -2.14. The highest BCUT2D eigenvalue weighted by atomic mass is 32.2. The first-order valence-corrected chi connectivity index (χ1v) is 7.69. The molecule has 1 amide bonds. The van der Waals surface area contributed by atoms with Gasteiger partial charge in [-0.1, -0.05) is 12.1 Å². The molecule has 5 heteroatoms. The summed E-state index contributed by atoms with van der Waals surface area (Å²) in [5.41, 5.74) is 1.31. The van der Waals surface area contributed by atoms with Gasteiger partial charge < -0.3 is 5.32 Å². The number of nitrogens with one attached hydrogen (secondary N) is 1. The van der Waals surface area contributed by atoms with Crippen molar-refractivity contribution in [2.45, 2.75) is 12.2 Å². The van der Waals surface area contributed by atoms with Gasteiger partial charge in [0.05, 0.1) is 5.56 Å². The average Bonchev–Trinajstić information content (AvgIpc) is 2.49. The molecule has 2 nitrogen and oxygen atoms in total. The van der Waals surface area contributed by atoms with E-state index in [-0.39, 0.29) is 10.8 Å². The van der Waals surface area contributed by atoms with E-state index in [4.69, 9.17) is 0 Å². The minimum absolute atomic E-state index is 0.285. The van der Waals surface area contributed by atoms with Crippen LogP contribution in [-0.4, -0.2) is 12.2 Å². The third-order valence-electron chi connectivity index (χ3n) is 3.14. The van der Waals surface area contributed by atoms with E-state index in [1.165, 1.54) is 0 Å². The van der Waals surface area contributed by atoms with Crippen LogP contribution in [0.1, 0.15) is 28.1 Å². The van der Waals surface area contributed by atoms with Gasteiger partial charge >= 0.3 is 0 Å². The number of hydrogen-bond acceptors (Lipinski definition) is 2. The predicted octanol–water partition coefficient (Wildman–Crippen LogP) is 4.64. The van der Waals surface area contributed by atoms with Crippen LogP contribution in [0.5, 0.6) is 0 Å². The van der Waals surface area contributed by atoms with Crippen LogP contribution in [0.2, 0.25) is 0 Å². The van der Waals surface area contributed by atoms with E-state index in [0.29, 0.717) is 5.69 Å². The van der Waals surface area contributed by atoms with E-state index in [9.17, 15) is 13.6 Å². The number of hydrogen-bond donors (Lipinski definition) is 1. The quantitative estimate of drug-likeness (QED) is 0.891. The van der Waals surface area contributed by atoms with Crippen molar-refractivity contribution in [2.75, 3.05) is 11.6 Å². The highest BCUT2D eigenvalue weighted by molar-refractivity contribution is 7.98. The molecule has 1 N–H and O–H groups in total. The summed E-state index contributed by atoms with van der Waals surface area (Å²) in [6, 6.07) is 10.1. The van der Waals surface area contributed by atoms with E-state index >= 15 is 0 Å². The second-order valence-corrected chi connectivity index (χ2v) is 5.76. The Morgan fingerprint density at radius 3 is 2.67 bits per heavy atom. The lowest BCUT2D eigenvalue weighted by molar-refractivity contribution is 0.102. The van der Waals surface area contributed by atoms with Gasteiger partial charge in [0.1, 0.15) is 11.6 Å². The predicted molar refractivity (Wildman–Crippen MR) is 82.7 cm³/mol. The Labute approximate surface area is 126 Å². The van der Waals surface area contributed by atoms with Crippen molar-refractivity contribution in [3.63, 3.8) is 0 Å². The second kappa shape index (κ2) is 6.72. The fraction of sp³-hybridized carbons (Fsp3) is 0.188. The number of benzene rings is 2. The maximum Gasteiger partial charge on any atom is 0.258 e. The Bertz CT molecular complexity index is 660. The zero-order valence-corrected chi connectivity index (χ0v) is 12.5. The molecule has 2 rings (SSSR count). The molecule has 1 unspecified atom stereocenters. The minimum atomic E-state index is -0.748. The van der Waals surface area contributed by atoms with Gasteiger partial charge in [0.2, 0.25) is 0 Å². The highest BCUT2D eigenvalue weighted by Gasteiger charge is 2.13. The second-order valence-electron chi connectivity index (χ2n) is 4.58. The summed E-state index contributed by atoms with van der Waals surface area (Å²) in [5.74, 6) is -2.06. The van der Waals surface area contributed by atoms with Gasteiger partial charge in [-0.05, 0) is 49.1 Å². The van der Waals surface area contributed by atoms with Crippen LogP contribution < -0.4 is 5.32 Å². The number of rotatable bonds is 4. The first-order valence-electron chi connectivity index (χ1n) is 6.40. The molecule has 0 aliphatic carbocycles. The van der Waals surface area contributed by atoms with Gasteiger partial charge in [-0.2, -0.15) is 11.8 Å². The molecule has 0 spiro atoms. The molecule has 0 radical (unpaired) electrons. The van der Waals surface area contributed by atoms with Gasteiger partial charge in [0.15, 0.2) is 0 Å². The Hall–Kier alpha value is -1.88. The molecule has 0 saturated carbocycles. The van der Waals surface area contributed by atoms with Crippen molar-refractivity contribution < 1.29 is 13.6 Å². The maximum atomic E-state index is 13.6. The summed E-state index contributed by atoms with van der Waals surface area (Å²) >= 11 is 1.68. The first-order chi connectivity index (χ1) is 10.0. The van der Waals surface area contributed by atoms with Crippen LogP contribution in [0.15, 0.2) is 42.5 Å². The molecular weight excluding hydrogens is 292 g/mol. The molecule has 110 valence electrons. The average molecular weight is 307 g/mol. The monoisotopic (exact) mass is 307 g/mol. The molecule has 0 saturated heterocycles. The van der Waals surface area contributed by atoms with Crippen LogP contribution in [0.3, 0.4) is 0 Å². The first kappa shape index (κ1) is 15.5. The smallest absolute Gasteiger partial charge is 0.258 e. The molecule has 0 fully saturated rings. The zero-order valence-electron chi connectivity index (χ0n) is 11.7. The minimum Gasteiger partial charge on any atom is -0.322 e. The van der Waals surface area contributed by atoms with E-state index in [1.807, 2.05) is 24.5 Å². The number of amides is 1. The number of thioether (sulfide) groups is 1. The molecule has 0 aliphatic heterocycles. The number of carbonyl (C=O) groups excluding carboxylic acids is 1. The van der Waals surface area contributed by atoms with Crippen molar-refractivity contribution in [3.8, 4) is 0 Å². The summed E-state index contributed by atoms with van der Waals surface area (Å²) in [6.07, 6.45) is 2.00. The Morgan fingerprint density at radius 2 is 1.95 bits per heavy atom.